The van der Waals surface area contributed by atoms with Crippen LogP contribution in [0, 0.1) is 20.8 Å². The van der Waals surface area contributed by atoms with Gasteiger partial charge in [-0.1, -0.05) is 30.3 Å². The molecule has 0 saturated heterocycles. The fourth-order valence-corrected chi connectivity index (χ4v) is 5.45. The van der Waals surface area contributed by atoms with E-state index < -0.39 is 5.60 Å². The molecule has 0 aliphatic heterocycles. The van der Waals surface area contributed by atoms with E-state index in [1.807, 2.05) is 75.4 Å². The van der Waals surface area contributed by atoms with Gasteiger partial charge >= 0.3 is 5.24 Å². The van der Waals surface area contributed by atoms with Crippen molar-refractivity contribution >= 4 is 28.5 Å². The molecule has 10 heteroatoms. The third-order valence-electron chi connectivity index (χ3n) is 6.95. The maximum atomic E-state index is 6.45. The summed E-state index contributed by atoms with van der Waals surface area (Å²) >= 11 is 5.56. The van der Waals surface area contributed by atoms with Crippen LogP contribution in [-0.2, 0) is 17.4 Å². The van der Waals surface area contributed by atoms with Crippen molar-refractivity contribution in [1.29, 1.82) is 0 Å². The van der Waals surface area contributed by atoms with Gasteiger partial charge in [0.15, 0.2) is 11.4 Å². The van der Waals surface area contributed by atoms with Crippen LogP contribution in [-0.4, -0.2) is 39.5 Å². The van der Waals surface area contributed by atoms with E-state index >= 15 is 0 Å². The van der Waals surface area contributed by atoms with Gasteiger partial charge in [0.25, 0.3) is 0 Å². The topological polar surface area (TPSA) is 92.8 Å². The SMILES string of the molecule is Cc1nc(-n2nc(C)nc2C)cc(C2(OC(=S)Oc3ccccc3)CC(c3nc4ccccc4n3C)C2)n1. The molecule has 0 unspecified atom stereocenters. The Morgan fingerprint density at radius 2 is 1.66 bits per heavy atom. The maximum absolute atomic E-state index is 6.45. The highest BCUT2D eigenvalue weighted by Crippen LogP contribution is 2.53. The molecule has 1 fully saturated rings. The van der Waals surface area contributed by atoms with Crippen LogP contribution < -0.4 is 4.74 Å². The third-order valence-corrected chi connectivity index (χ3v) is 7.11. The Bertz CT molecular complexity index is 1650. The van der Waals surface area contributed by atoms with Gasteiger partial charge in [-0.15, -0.1) is 5.10 Å². The second-order valence-corrected chi connectivity index (χ2v) is 9.99. The summed E-state index contributed by atoms with van der Waals surface area (Å²) in [5, 5.41) is 4.56. The van der Waals surface area contributed by atoms with Gasteiger partial charge in [0.1, 0.15) is 29.0 Å². The monoisotopic (exact) mass is 525 g/mol. The zero-order valence-electron chi connectivity index (χ0n) is 21.6. The van der Waals surface area contributed by atoms with Crippen LogP contribution in [0.25, 0.3) is 16.9 Å². The molecule has 5 aromatic rings. The Kier molecular flexibility index (Phi) is 5.91. The summed E-state index contributed by atoms with van der Waals surface area (Å²) < 4.78 is 16.2. The van der Waals surface area contributed by atoms with Crippen molar-refractivity contribution in [2.24, 2.45) is 7.05 Å². The Hall–Kier alpha value is -4.18. The molecular formula is C28H27N7O2S. The lowest BCUT2D eigenvalue weighted by molar-refractivity contribution is -0.0580. The average molecular weight is 526 g/mol. The number of hydrogen-bond acceptors (Lipinski definition) is 8. The molecule has 1 aliphatic rings. The van der Waals surface area contributed by atoms with Gasteiger partial charge in [-0.05, 0) is 45.0 Å². The van der Waals surface area contributed by atoms with Gasteiger partial charge in [0.2, 0.25) is 0 Å². The van der Waals surface area contributed by atoms with Crippen molar-refractivity contribution < 1.29 is 9.47 Å². The first-order valence-electron chi connectivity index (χ1n) is 12.5. The van der Waals surface area contributed by atoms with Crippen LogP contribution in [0.15, 0.2) is 60.7 Å². The van der Waals surface area contributed by atoms with E-state index in [0.29, 0.717) is 36.1 Å². The smallest absolute Gasteiger partial charge is 0.358 e. The predicted molar refractivity (Wildman–Crippen MR) is 146 cm³/mol. The summed E-state index contributed by atoms with van der Waals surface area (Å²) in [7, 11) is 2.05. The Labute approximate surface area is 225 Å². The molecule has 38 heavy (non-hydrogen) atoms. The normalized spacial score (nSPS) is 18.8. The summed E-state index contributed by atoms with van der Waals surface area (Å²) in [6.45, 7) is 5.62. The van der Waals surface area contributed by atoms with Crippen LogP contribution in [0.4, 0.5) is 0 Å². The van der Waals surface area contributed by atoms with Gasteiger partial charge in [-0.2, -0.15) is 4.68 Å². The summed E-state index contributed by atoms with van der Waals surface area (Å²) in [5.41, 5.74) is 1.99. The number of hydrogen-bond donors (Lipinski definition) is 0. The lowest BCUT2D eigenvalue weighted by Gasteiger charge is -2.46. The van der Waals surface area contributed by atoms with Gasteiger partial charge < -0.3 is 14.0 Å². The van der Waals surface area contributed by atoms with Crippen LogP contribution in [0.5, 0.6) is 5.75 Å². The summed E-state index contributed by atoms with van der Waals surface area (Å²) in [4.78, 5) is 18.8. The Morgan fingerprint density at radius 3 is 2.37 bits per heavy atom. The Balaban J connectivity index is 1.37. The van der Waals surface area contributed by atoms with Crippen LogP contribution >= 0.6 is 12.2 Å². The van der Waals surface area contributed by atoms with Crippen LogP contribution in [0.1, 0.15) is 47.8 Å². The standard InChI is InChI=1S/C28H27N7O2S/c1-17-30-24(14-25(31-17)35-19(3)29-18(2)33-35)28(37-27(38)36-21-10-6-5-7-11-21)15-20(16-28)26-32-22-12-8-9-13-23(22)34(26)4/h5-14,20H,15-16H2,1-4H3. The van der Waals surface area contributed by atoms with Crippen LogP contribution in [0.3, 0.4) is 0 Å². The minimum atomic E-state index is -0.805. The van der Waals surface area contributed by atoms with E-state index in [2.05, 4.69) is 32.7 Å². The number of para-hydroxylation sites is 3. The molecule has 0 spiro atoms. The number of imidazole rings is 1. The van der Waals surface area contributed by atoms with E-state index in [1.165, 1.54) is 0 Å². The summed E-state index contributed by atoms with van der Waals surface area (Å²) in [5.74, 6) is 4.44. The minimum Gasteiger partial charge on any atom is -0.443 e. The van der Waals surface area contributed by atoms with Crippen molar-refractivity contribution in [3.05, 3.63) is 89.7 Å². The van der Waals surface area contributed by atoms with E-state index in [0.717, 1.165) is 28.4 Å². The fraction of sp³-hybridized carbons (Fsp3) is 0.286. The number of thiocarbonyl (C=S) groups is 1. The van der Waals surface area contributed by atoms with E-state index in [9.17, 15) is 0 Å². The van der Waals surface area contributed by atoms with Crippen LogP contribution in [0.2, 0.25) is 0 Å². The highest BCUT2D eigenvalue weighted by Gasteiger charge is 2.52. The molecule has 0 amide bonds. The molecule has 3 heterocycles. The molecule has 192 valence electrons. The molecule has 1 aliphatic carbocycles. The van der Waals surface area contributed by atoms with E-state index in [-0.39, 0.29) is 11.2 Å². The third kappa shape index (κ3) is 4.30. The largest absolute Gasteiger partial charge is 0.443 e. The number of aryl methyl sites for hydroxylation is 4. The van der Waals surface area contributed by atoms with Gasteiger partial charge in [-0.25, -0.2) is 19.9 Å². The number of ether oxygens (including phenoxy) is 2. The van der Waals surface area contributed by atoms with Crippen molar-refractivity contribution in [1.82, 2.24) is 34.3 Å². The van der Waals surface area contributed by atoms with Crippen molar-refractivity contribution in [3.8, 4) is 11.6 Å². The fourth-order valence-electron chi connectivity index (χ4n) is 5.19. The molecule has 0 radical (unpaired) electrons. The molecule has 2 aromatic carbocycles. The molecule has 9 nitrogen and oxygen atoms in total. The lowest BCUT2D eigenvalue weighted by Crippen LogP contribution is -2.46. The maximum Gasteiger partial charge on any atom is 0.358 e. The van der Waals surface area contributed by atoms with Crippen molar-refractivity contribution in [2.75, 3.05) is 0 Å². The highest BCUT2D eigenvalue weighted by atomic mass is 32.1. The summed E-state index contributed by atoms with van der Waals surface area (Å²) in [6, 6.07) is 19.4. The molecule has 6 rings (SSSR count). The second kappa shape index (κ2) is 9.29. The van der Waals surface area contributed by atoms with E-state index in [4.69, 9.17) is 31.7 Å². The first kappa shape index (κ1) is 24.2. The molecular weight excluding hydrogens is 498 g/mol. The molecule has 0 bridgehead atoms. The number of rotatable bonds is 5. The first-order chi connectivity index (χ1) is 18.3. The minimum absolute atomic E-state index is 0.0465. The van der Waals surface area contributed by atoms with Gasteiger partial charge in [-0.3, -0.25) is 0 Å². The Morgan fingerprint density at radius 1 is 0.921 bits per heavy atom. The number of aromatic nitrogens is 7. The highest BCUT2D eigenvalue weighted by molar-refractivity contribution is 7.79. The molecule has 0 atom stereocenters. The zero-order valence-corrected chi connectivity index (χ0v) is 22.4. The van der Waals surface area contributed by atoms with E-state index in [1.54, 1.807) is 4.68 Å². The first-order valence-corrected chi connectivity index (χ1v) is 12.9. The average Bonchev–Trinajstić information content (AvgIpc) is 3.39. The lowest BCUT2D eigenvalue weighted by atomic mass is 9.68. The predicted octanol–water partition coefficient (Wildman–Crippen LogP) is 5.02. The number of nitrogens with zero attached hydrogens (tertiary/aromatic N) is 7. The molecule has 3 aromatic heterocycles. The van der Waals surface area contributed by atoms with Crippen molar-refractivity contribution in [2.45, 2.75) is 45.1 Å². The second-order valence-electron chi connectivity index (χ2n) is 9.66. The van der Waals surface area contributed by atoms with Gasteiger partial charge in [0, 0.05) is 44.1 Å². The zero-order chi connectivity index (χ0) is 26.4. The molecule has 1 saturated carbocycles. The number of benzene rings is 2. The number of fused-ring (bicyclic) bond motifs is 1. The van der Waals surface area contributed by atoms with Crippen molar-refractivity contribution in [3.63, 3.8) is 0 Å². The quantitative estimate of drug-likeness (QED) is 0.295. The summed E-state index contributed by atoms with van der Waals surface area (Å²) in [6.07, 6.45) is 1.27. The molecule has 0 N–H and O–H groups in total. The van der Waals surface area contributed by atoms with Gasteiger partial charge in [0.05, 0.1) is 16.7 Å².